The Morgan fingerprint density at radius 1 is 1.22 bits per heavy atom. The van der Waals surface area contributed by atoms with Crippen LogP contribution in [0.1, 0.15) is 62.7 Å². The van der Waals surface area contributed by atoms with Gasteiger partial charge in [0.15, 0.2) is 0 Å². The zero-order valence-corrected chi connectivity index (χ0v) is 17.5. The number of carbonyl (C=O) groups is 1. The van der Waals surface area contributed by atoms with Crippen molar-refractivity contribution in [2.24, 2.45) is 23.2 Å². The van der Waals surface area contributed by atoms with Crippen LogP contribution < -0.4 is 10.2 Å². The van der Waals surface area contributed by atoms with Gasteiger partial charge in [0.1, 0.15) is 0 Å². The van der Waals surface area contributed by atoms with Crippen LogP contribution in [0.4, 0.5) is 5.69 Å². The summed E-state index contributed by atoms with van der Waals surface area (Å²) < 4.78 is 0. The molecule has 0 saturated heterocycles. The summed E-state index contributed by atoms with van der Waals surface area (Å²) in [5.41, 5.74) is 2.43. The number of anilines is 1. The van der Waals surface area contributed by atoms with Gasteiger partial charge < -0.3 is 10.2 Å². The standard InChI is InChI=1S/C23H32N2OS/c1-3-25-6-7-27-21-5-4-19(11-20(21)25)22(26)24-15(2)23-12-16-8-17(13-23)10-18(9-16)14-23/h4-5,11,15-18H,3,6-10,12-14H2,1-2H3,(H,24,26)/t15-,16?,17?,18?,23?/m1/s1. The number of carbonyl (C=O) groups excluding carboxylic acids is 1. The molecule has 3 nitrogen and oxygen atoms in total. The highest BCUT2D eigenvalue weighted by Gasteiger charge is 2.53. The third kappa shape index (κ3) is 3.08. The Kier molecular flexibility index (Phi) is 4.46. The van der Waals surface area contributed by atoms with Gasteiger partial charge in [0.25, 0.3) is 5.91 Å². The summed E-state index contributed by atoms with van der Waals surface area (Å²) in [5.74, 6) is 4.03. The van der Waals surface area contributed by atoms with Crippen molar-refractivity contribution in [3.63, 3.8) is 0 Å². The zero-order valence-electron chi connectivity index (χ0n) is 16.7. The molecule has 0 aromatic heterocycles. The van der Waals surface area contributed by atoms with Crippen LogP contribution in [-0.2, 0) is 0 Å². The topological polar surface area (TPSA) is 32.3 Å². The summed E-state index contributed by atoms with van der Waals surface area (Å²) in [5, 5.41) is 3.43. The molecule has 6 rings (SSSR count). The van der Waals surface area contributed by atoms with Crippen LogP contribution in [0.25, 0.3) is 0 Å². The first-order valence-corrected chi connectivity index (χ1v) is 11.9. The Morgan fingerprint density at radius 2 is 1.89 bits per heavy atom. The first kappa shape index (κ1) is 17.9. The molecular weight excluding hydrogens is 352 g/mol. The molecule has 1 aliphatic heterocycles. The van der Waals surface area contributed by atoms with Crippen molar-refractivity contribution in [3.05, 3.63) is 23.8 Å². The molecular formula is C23H32N2OS. The third-order valence-corrected chi connectivity index (χ3v) is 8.96. The second-order valence-electron chi connectivity index (χ2n) is 9.59. The number of hydrogen-bond acceptors (Lipinski definition) is 3. The molecule has 146 valence electrons. The van der Waals surface area contributed by atoms with E-state index < -0.39 is 0 Å². The van der Waals surface area contributed by atoms with Crippen molar-refractivity contribution < 1.29 is 4.79 Å². The van der Waals surface area contributed by atoms with Gasteiger partial charge in [0.05, 0.1) is 5.69 Å². The fourth-order valence-electron chi connectivity index (χ4n) is 6.88. The Balaban J connectivity index is 1.33. The molecule has 1 aromatic rings. The molecule has 1 heterocycles. The number of amides is 1. The number of nitrogens with zero attached hydrogens (tertiary/aromatic N) is 1. The second kappa shape index (κ2) is 6.72. The van der Waals surface area contributed by atoms with Crippen molar-refractivity contribution in [2.75, 3.05) is 23.7 Å². The van der Waals surface area contributed by atoms with Crippen LogP contribution in [0.2, 0.25) is 0 Å². The Bertz CT molecular complexity index is 711. The average Bonchev–Trinajstić information content (AvgIpc) is 2.66. The predicted octanol–water partition coefficient (Wildman–Crippen LogP) is 4.95. The molecule has 4 saturated carbocycles. The second-order valence-corrected chi connectivity index (χ2v) is 10.7. The van der Waals surface area contributed by atoms with Gasteiger partial charge in [-0.05, 0) is 93.7 Å². The van der Waals surface area contributed by atoms with E-state index in [9.17, 15) is 4.79 Å². The quantitative estimate of drug-likeness (QED) is 0.797. The number of rotatable bonds is 4. The molecule has 4 aliphatic carbocycles. The minimum atomic E-state index is 0.118. The SMILES string of the molecule is CCN1CCSc2ccc(C(=O)N[C@H](C)C34CC5CC(CC(C5)C3)C4)cc21. The Labute approximate surface area is 167 Å². The molecule has 1 aromatic carbocycles. The first-order valence-electron chi connectivity index (χ1n) is 10.9. The molecule has 1 N–H and O–H groups in total. The fourth-order valence-corrected chi connectivity index (χ4v) is 7.92. The maximum absolute atomic E-state index is 13.1. The molecule has 4 heteroatoms. The van der Waals surface area contributed by atoms with E-state index in [-0.39, 0.29) is 11.9 Å². The molecule has 0 radical (unpaired) electrons. The molecule has 27 heavy (non-hydrogen) atoms. The largest absolute Gasteiger partial charge is 0.370 e. The van der Waals surface area contributed by atoms with Gasteiger partial charge in [-0.1, -0.05) is 0 Å². The van der Waals surface area contributed by atoms with Crippen molar-refractivity contribution in [2.45, 2.75) is 63.3 Å². The predicted molar refractivity (Wildman–Crippen MR) is 113 cm³/mol. The van der Waals surface area contributed by atoms with Crippen LogP contribution in [0.5, 0.6) is 0 Å². The smallest absolute Gasteiger partial charge is 0.251 e. The molecule has 1 amide bonds. The van der Waals surface area contributed by atoms with Crippen LogP contribution in [0.15, 0.2) is 23.1 Å². The monoisotopic (exact) mass is 384 g/mol. The van der Waals surface area contributed by atoms with E-state index in [0.29, 0.717) is 5.41 Å². The summed E-state index contributed by atoms with van der Waals surface area (Å²) in [6.45, 7) is 6.55. The van der Waals surface area contributed by atoms with E-state index in [1.807, 2.05) is 17.8 Å². The molecule has 5 aliphatic rings. The van der Waals surface area contributed by atoms with Gasteiger partial charge in [0, 0.05) is 35.3 Å². The molecule has 0 unspecified atom stereocenters. The van der Waals surface area contributed by atoms with Crippen molar-refractivity contribution in [1.82, 2.24) is 5.32 Å². The maximum Gasteiger partial charge on any atom is 0.251 e. The normalized spacial score (nSPS) is 35.0. The third-order valence-electron chi connectivity index (χ3n) is 7.91. The fraction of sp³-hybridized carbons (Fsp3) is 0.696. The first-order chi connectivity index (χ1) is 13.1. The van der Waals surface area contributed by atoms with Crippen LogP contribution >= 0.6 is 11.8 Å². The zero-order chi connectivity index (χ0) is 18.6. The van der Waals surface area contributed by atoms with Crippen LogP contribution in [0.3, 0.4) is 0 Å². The van der Waals surface area contributed by atoms with Gasteiger partial charge in [-0.2, -0.15) is 0 Å². The number of hydrogen-bond donors (Lipinski definition) is 1. The van der Waals surface area contributed by atoms with E-state index in [1.54, 1.807) is 0 Å². The lowest BCUT2D eigenvalue weighted by Gasteiger charge is -2.59. The van der Waals surface area contributed by atoms with E-state index >= 15 is 0 Å². The number of thioether (sulfide) groups is 1. The lowest BCUT2D eigenvalue weighted by molar-refractivity contribution is -0.0688. The highest BCUT2D eigenvalue weighted by atomic mass is 32.2. The minimum absolute atomic E-state index is 0.118. The Morgan fingerprint density at radius 3 is 2.52 bits per heavy atom. The van der Waals surface area contributed by atoms with Crippen molar-refractivity contribution in [3.8, 4) is 0 Å². The summed E-state index contributed by atoms with van der Waals surface area (Å²) in [4.78, 5) is 16.8. The van der Waals surface area contributed by atoms with Gasteiger partial charge in [0.2, 0.25) is 0 Å². The summed E-state index contributed by atoms with van der Waals surface area (Å²) >= 11 is 1.91. The summed E-state index contributed by atoms with van der Waals surface area (Å²) in [7, 11) is 0. The Hall–Kier alpha value is -1.16. The molecule has 4 fully saturated rings. The lowest BCUT2D eigenvalue weighted by atomic mass is 9.48. The van der Waals surface area contributed by atoms with E-state index in [4.69, 9.17) is 0 Å². The average molecular weight is 385 g/mol. The van der Waals surface area contributed by atoms with Gasteiger partial charge in [-0.15, -0.1) is 11.8 Å². The highest BCUT2D eigenvalue weighted by Crippen LogP contribution is 2.61. The van der Waals surface area contributed by atoms with Crippen LogP contribution in [-0.4, -0.2) is 30.8 Å². The lowest BCUT2D eigenvalue weighted by Crippen LogP contribution is -2.55. The van der Waals surface area contributed by atoms with Crippen molar-refractivity contribution in [1.29, 1.82) is 0 Å². The number of nitrogens with one attached hydrogen (secondary N) is 1. The number of benzene rings is 1. The summed E-state index contributed by atoms with van der Waals surface area (Å²) in [6.07, 6.45) is 8.38. The van der Waals surface area contributed by atoms with Gasteiger partial charge in [-0.25, -0.2) is 0 Å². The minimum Gasteiger partial charge on any atom is -0.370 e. The van der Waals surface area contributed by atoms with Gasteiger partial charge in [-0.3, -0.25) is 4.79 Å². The van der Waals surface area contributed by atoms with E-state index in [2.05, 4.69) is 36.2 Å². The van der Waals surface area contributed by atoms with E-state index in [0.717, 1.165) is 42.2 Å². The van der Waals surface area contributed by atoms with E-state index in [1.165, 1.54) is 49.1 Å². The maximum atomic E-state index is 13.1. The van der Waals surface area contributed by atoms with Crippen molar-refractivity contribution >= 4 is 23.4 Å². The van der Waals surface area contributed by atoms with Crippen LogP contribution in [0, 0.1) is 23.2 Å². The van der Waals surface area contributed by atoms with Gasteiger partial charge >= 0.3 is 0 Å². The molecule has 4 bridgehead atoms. The number of fused-ring (bicyclic) bond motifs is 1. The highest BCUT2D eigenvalue weighted by molar-refractivity contribution is 7.99. The summed E-state index contributed by atoms with van der Waals surface area (Å²) in [6, 6.07) is 6.57. The molecule has 0 spiro atoms. The molecule has 1 atom stereocenters.